The maximum absolute atomic E-state index is 12.6. The van der Waals surface area contributed by atoms with Gasteiger partial charge < -0.3 is 14.5 Å². The Hall–Kier alpha value is -2.82. The highest BCUT2D eigenvalue weighted by atomic mass is 16.5. The van der Waals surface area contributed by atoms with E-state index in [1.165, 1.54) is 5.56 Å². The number of imidazole rings is 1. The largest absolute Gasteiger partial charge is 0.491 e. The van der Waals surface area contributed by atoms with Gasteiger partial charge in [0.1, 0.15) is 23.7 Å². The van der Waals surface area contributed by atoms with Crippen LogP contribution in [-0.2, 0) is 11.8 Å². The SMILES string of the molecule is CC(C)(C)c1ccc2nc(C(=O)N[C@H]3COc4ccccc4C3)cn2c1. The molecule has 3 aromatic rings. The fraction of sp³-hybridized carbons (Fsp3) is 0.333. The van der Waals surface area contributed by atoms with Crippen LogP contribution in [0.5, 0.6) is 5.75 Å². The summed E-state index contributed by atoms with van der Waals surface area (Å²) < 4.78 is 7.66. The fourth-order valence-electron chi connectivity index (χ4n) is 3.22. The molecule has 0 saturated heterocycles. The number of carbonyl (C=O) groups excluding carboxylic acids is 1. The van der Waals surface area contributed by atoms with Gasteiger partial charge in [-0.15, -0.1) is 0 Å². The lowest BCUT2D eigenvalue weighted by atomic mass is 9.88. The second-order valence-corrected chi connectivity index (χ2v) is 7.85. The number of hydrogen-bond donors (Lipinski definition) is 1. The standard InChI is InChI=1S/C21H23N3O2/c1-21(2,3)15-8-9-19-23-17(12-24(19)11-15)20(25)22-16-10-14-6-4-5-7-18(14)26-13-16/h4-9,11-12,16H,10,13H2,1-3H3,(H,22,25)/t16-/m1/s1. The molecular formula is C21H23N3O2. The minimum Gasteiger partial charge on any atom is -0.491 e. The molecule has 0 fully saturated rings. The lowest BCUT2D eigenvalue weighted by molar-refractivity contribution is 0.0911. The topological polar surface area (TPSA) is 55.6 Å². The number of fused-ring (bicyclic) bond motifs is 2. The number of nitrogens with zero attached hydrogens (tertiary/aromatic N) is 2. The predicted octanol–water partition coefficient (Wildman–Crippen LogP) is 3.37. The van der Waals surface area contributed by atoms with Crippen LogP contribution in [0.3, 0.4) is 0 Å². The van der Waals surface area contributed by atoms with Crippen molar-refractivity contribution in [3.63, 3.8) is 0 Å². The van der Waals surface area contributed by atoms with Crippen molar-refractivity contribution in [1.29, 1.82) is 0 Å². The third-order valence-corrected chi connectivity index (χ3v) is 4.76. The van der Waals surface area contributed by atoms with Gasteiger partial charge >= 0.3 is 0 Å². The van der Waals surface area contributed by atoms with Gasteiger partial charge in [0.05, 0.1) is 6.04 Å². The van der Waals surface area contributed by atoms with E-state index < -0.39 is 0 Å². The van der Waals surface area contributed by atoms with E-state index in [1.54, 1.807) is 6.20 Å². The summed E-state index contributed by atoms with van der Waals surface area (Å²) >= 11 is 0. The van der Waals surface area contributed by atoms with Crippen molar-refractivity contribution in [3.05, 3.63) is 65.6 Å². The van der Waals surface area contributed by atoms with Crippen LogP contribution in [0.15, 0.2) is 48.8 Å². The zero-order valence-electron chi connectivity index (χ0n) is 15.3. The number of benzene rings is 1. The minimum atomic E-state index is -0.168. The van der Waals surface area contributed by atoms with Gasteiger partial charge in [-0.3, -0.25) is 4.79 Å². The molecule has 4 rings (SSSR count). The highest BCUT2D eigenvalue weighted by Gasteiger charge is 2.23. The molecule has 0 aliphatic carbocycles. The van der Waals surface area contributed by atoms with E-state index in [9.17, 15) is 4.79 Å². The van der Waals surface area contributed by atoms with Crippen LogP contribution in [0.4, 0.5) is 0 Å². The van der Waals surface area contributed by atoms with Crippen molar-refractivity contribution >= 4 is 11.6 Å². The summed E-state index contributed by atoms with van der Waals surface area (Å²) in [5, 5.41) is 3.04. The molecule has 0 radical (unpaired) electrons. The molecule has 1 aliphatic rings. The van der Waals surface area contributed by atoms with E-state index in [0.29, 0.717) is 12.3 Å². The van der Waals surface area contributed by atoms with Crippen molar-refractivity contribution in [3.8, 4) is 5.75 Å². The molecule has 26 heavy (non-hydrogen) atoms. The van der Waals surface area contributed by atoms with Crippen LogP contribution >= 0.6 is 0 Å². The first kappa shape index (κ1) is 16.6. The fourth-order valence-corrected chi connectivity index (χ4v) is 3.22. The lowest BCUT2D eigenvalue weighted by Crippen LogP contribution is -2.42. The Morgan fingerprint density at radius 1 is 1.19 bits per heavy atom. The van der Waals surface area contributed by atoms with Crippen molar-refractivity contribution in [2.45, 2.75) is 38.6 Å². The van der Waals surface area contributed by atoms with Gasteiger partial charge in [0.25, 0.3) is 5.91 Å². The number of para-hydroxylation sites is 1. The summed E-state index contributed by atoms with van der Waals surface area (Å²) in [5.74, 6) is 0.736. The van der Waals surface area contributed by atoms with Gasteiger partial charge in [-0.05, 0) is 35.1 Å². The summed E-state index contributed by atoms with van der Waals surface area (Å²) in [4.78, 5) is 17.1. The Bertz CT molecular complexity index is 969. The van der Waals surface area contributed by atoms with Gasteiger partial charge in [-0.2, -0.15) is 0 Å². The van der Waals surface area contributed by atoms with Crippen molar-refractivity contribution in [2.24, 2.45) is 0 Å². The second kappa shape index (κ2) is 6.16. The summed E-state index contributed by atoms with van der Waals surface area (Å²) in [6.07, 6.45) is 4.60. The Kier molecular flexibility index (Phi) is 3.94. The molecule has 134 valence electrons. The molecule has 3 heterocycles. The van der Waals surface area contributed by atoms with Gasteiger partial charge in [0.15, 0.2) is 0 Å². The number of amides is 1. The quantitative estimate of drug-likeness (QED) is 0.772. The first-order valence-corrected chi connectivity index (χ1v) is 8.91. The smallest absolute Gasteiger partial charge is 0.271 e. The molecule has 1 atom stereocenters. The number of ether oxygens (including phenoxy) is 1. The van der Waals surface area contributed by atoms with Gasteiger partial charge in [-0.25, -0.2) is 4.98 Å². The summed E-state index contributed by atoms with van der Waals surface area (Å²) in [6.45, 7) is 6.98. The lowest BCUT2D eigenvalue weighted by Gasteiger charge is -2.25. The first-order valence-electron chi connectivity index (χ1n) is 8.91. The maximum atomic E-state index is 12.6. The summed E-state index contributed by atoms with van der Waals surface area (Å²) in [5.41, 5.74) is 3.57. The van der Waals surface area contributed by atoms with Crippen LogP contribution < -0.4 is 10.1 Å². The Labute approximate surface area is 153 Å². The van der Waals surface area contributed by atoms with Crippen LogP contribution in [0.2, 0.25) is 0 Å². The molecule has 0 unspecified atom stereocenters. The van der Waals surface area contributed by atoms with E-state index in [0.717, 1.165) is 23.4 Å². The Morgan fingerprint density at radius 3 is 2.81 bits per heavy atom. The molecular weight excluding hydrogens is 326 g/mol. The monoisotopic (exact) mass is 349 g/mol. The molecule has 1 N–H and O–H groups in total. The minimum absolute atomic E-state index is 0.0488. The number of aromatic nitrogens is 2. The summed E-state index contributed by atoms with van der Waals surface area (Å²) in [6, 6.07) is 11.9. The molecule has 0 spiro atoms. The van der Waals surface area contributed by atoms with Crippen LogP contribution in [0, 0.1) is 0 Å². The zero-order chi connectivity index (χ0) is 18.3. The molecule has 5 heteroatoms. The highest BCUT2D eigenvalue weighted by molar-refractivity contribution is 5.93. The molecule has 0 bridgehead atoms. The summed E-state index contributed by atoms with van der Waals surface area (Å²) in [7, 11) is 0. The number of nitrogens with one attached hydrogen (secondary N) is 1. The first-order chi connectivity index (χ1) is 12.4. The molecule has 1 aromatic carbocycles. The second-order valence-electron chi connectivity index (χ2n) is 7.85. The maximum Gasteiger partial charge on any atom is 0.271 e. The molecule has 0 saturated carbocycles. The number of carbonyl (C=O) groups is 1. The number of rotatable bonds is 2. The van der Waals surface area contributed by atoms with Crippen molar-refractivity contribution in [2.75, 3.05) is 6.61 Å². The molecule has 1 aliphatic heterocycles. The zero-order valence-corrected chi connectivity index (χ0v) is 15.3. The van der Waals surface area contributed by atoms with E-state index in [2.05, 4.69) is 37.1 Å². The predicted molar refractivity (Wildman–Crippen MR) is 101 cm³/mol. The molecule has 5 nitrogen and oxygen atoms in total. The average Bonchev–Trinajstić information content (AvgIpc) is 3.04. The van der Waals surface area contributed by atoms with Gasteiger partial charge in [0.2, 0.25) is 0 Å². The molecule has 2 aromatic heterocycles. The number of hydrogen-bond acceptors (Lipinski definition) is 3. The highest BCUT2D eigenvalue weighted by Crippen LogP contribution is 2.24. The van der Waals surface area contributed by atoms with E-state index in [-0.39, 0.29) is 17.4 Å². The van der Waals surface area contributed by atoms with E-state index >= 15 is 0 Å². The Balaban J connectivity index is 1.52. The van der Waals surface area contributed by atoms with Crippen molar-refractivity contribution in [1.82, 2.24) is 14.7 Å². The third-order valence-electron chi connectivity index (χ3n) is 4.76. The van der Waals surface area contributed by atoms with E-state index in [1.807, 2.05) is 40.9 Å². The Morgan fingerprint density at radius 2 is 2.00 bits per heavy atom. The molecule has 1 amide bonds. The number of pyridine rings is 1. The van der Waals surface area contributed by atoms with Crippen molar-refractivity contribution < 1.29 is 9.53 Å². The third kappa shape index (κ3) is 3.17. The van der Waals surface area contributed by atoms with Gasteiger partial charge in [0, 0.05) is 12.4 Å². The van der Waals surface area contributed by atoms with Crippen LogP contribution in [0.25, 0.3) is 5.65 Å². The van der Waals surface area contributed by atoms with Crippen LogP contribution in [0.1, 0.15) is 42.4 Å². The van der Waals surface area contributed by atoms with E-state index in [4.69, 9.17) is 4.74 Å². The van der Waals surface area contributed by atoms with Gasteiger partial charge in [-0.1, -0.05) is 45.0 Å². The average molecular weight is 349 g/mol. The van der Waals surface area contributed by atoms with Crippen LogP contribution in [-0.4, -0.2) is 27.9 Å². The normalized spacial score (nSPS) is 16.8.